The minimum absolute atomic E-state index is 0.0194. The van der Waals surface area contributed by atoms with Gasteiger partial charge in [-0.15, -0.1) is 0 Å². The SMILES string of the molecule is Cc1ccc2c(c1)N(O)C(C)N2CCN1CCSCC1. The van der Waals surface area contributed by atoms with Crippen molar-refractivity contribution in [3.8, 4) is 0 Å². The highest BCUT2D eigenvalue weighted by Crippen LogP contribution is 2.38. The molecule has 110 valence electrons. The minimum Gasteiger partial charge on any atom is -0.346 e. The molecule has 0 aromatic heterocycles. The number of anilines is 2. The third-order valence-corrected chi connectivity index (χ3v) is 5.20. The van der Waals surface area contributed by atoms with Crippen LogP contribution in [0.15, 0.2) is 18.2 Å². The van der Waals surface area contributed by atoms with E-state index in [1.165, 1.54) is 35.2 Å². The maximum Gasteiger partial charge on any atom is 0.124 e. The van der Waals surface area contributed by atoms with Crippen LogP contribution in [0.2, 0.25) is 0 Å². The molecule has 0 amide bonds. The Morgan fingerprint density at radius 1 is 1.20 bits per heavy atom. The predicted molar refractivity (Wildman–Crippen MR) is 86.0 cm³/mol. The van der Waals surface area contributed by atoms with E-state index in [1.54, 1.807) is 0 Å². The van der Waals surface area contributed by atoms with E-state index in [9.17, 15) is 5.21 Å². The zero-order chi connectivity index (χ0) is 14.1. The first-order chi connectivity index (χ1) is 9.66. The molecule has 2 aliphatic rings. The number of hydroxylamine groups is 1. The highest BCUT2D eigenvalue weighted by molar-refractivity contribution is 7.99. The van der Waals surface area contributed by atoms with Crippen molar-refractivity contribution in [2.45, 2.75) is 20.0 Å². The molecule has 0 aliphatic carbocycles. The van der Waals surface area contributed by atoms with Crippen molar-refractivity contribution in [3.63, 3.8) is 0 Å². The number of aryl methyl sites for hydroxylation is 1. The van der Waals surface area contributed by atoms with E-state index in [2.05, 4.69) is 41.8 Å². The Labute approximate surface area is 125 Å². The van der Waals surface area contributed by atoms with E-state index in [1.807, 2.05) is 11.8 Å². The largest absolute Gasteiger partial charge is 0.346 e. The molecule has 0 spiro atoms. The number of benzene rings is 1. The summed E-state index contributed by atoms with van der Waals surface area (Å²) in [5, 5.41) is 11.7. The van der Waals surface area contributed by atoms with E-state index in [0.29, 0.717) is 0 Å². The van der Waals surface area contributed by atoms with Gasteiger partial charge in [-0.2, -0.15) is 11.8 Å². The summed E-state index contributed by atoms with van der Waals surface area (Å²) in [5.41, 5.74) is 3.27. The van der Waals surface area contributed by atoms with Gasteiger partial charge in [0.25, 0.3) is 0 Å². The van der Waals surface area contributed by atoms with Crippen LogP contribution in [-0.2, 0) is 0 Å². The summed E-state index contributed by atoms with van der Waals surface area (Å²) in [6.45, 7) is 8.55. The van der Waals surface area contributed by atoms with Gasteiger partial charge in [0.15, 0.2) is 0 Å². The third-order valence-electron chi connectivity index (χ3n) is 4.25. The average Bonchev–Trinajstić information content (AvgIpc) is 2.70. The minimum atomic E-state index is 0.0194. The van der Waals surface area contributed by atoms with Crippen LogP contribution in [0, 0.1) is 6.92 Å². The Morgan fingerprint density at radius 2 is 1.95 bits per heavy atom. The monoisotopic (exact) mass is 293 g/mol. The Kier molecular flexibility index (Phi) is 4.10. The van der Waals surface area contributed by atoms with Crippen molar-refractivity contribution in [3.05, 3.63) is 23.8 Å². The van der Waals surface area contributed by atoms with Crippen LogP contribution in [0.5, 0.6) is 0 Å². The summed E-state index contributed by atoms with van der Waals surface area (Å²) < 4.78 is 0. The number of rotatable bonds is 3. The molecule has 1 aromatic carbocycles. The number of hydrogen-bond acceptors (Lipinski definition) is 5. The first-order valence-corrected chi connectivity index (χ1v) is 8.48. The van der Waals surface area contributed by atoms with Crippen LogP contribution in [0.4, 0.5) is 11.4 Å². The van der Waals surface area contributed by atoms with Gasteiger partial charge in [0, 0.05) is 37.7 Å². The van der Waals surface area contributed by atoms with Crippen molar-refractivity contribution < 1.29 is 5.21 Å². The summed E-state index contributed by atoms with van der Waals surface area (Å²) in [7, 11) is 0. The van der Waals surface area contributed by atoms with Gasteiger partial charge in [0.1, 0.15) is 6.17 Å². The normalized spacial score (nSPS) is 23.2. The first kappa shape index (κ1) is 14.0. The second kappa shape index (κ2) is 5.84. The number of thioether (sulfide) groups is 1. The number of fused-ring (bicyclic) bond motifs is 1. The second-order valence-corrected chi connectivity index (χ2v) is 6.84. The van der Waals surface area contributed by atoms with Crippen LogP contribution in [-0.4, -0.2) is 54.0 Å². The zero-order valence-corrected chi connectivity index (χ0v) is 13.1. The van der Waals surface area contributed by atoms with Gasteiger partial charge in [0.2, 0.25) is 0 Å². The number of hydrogen-bond donors (Lipinski definition) is 1. The Morgan fingerprint density at radius 3 is 2.70 bits per heavy atom. The average molecular weight is 293 g/mol. The fourth-order valence-corrected chi connectivity index (χ4v) is 3.95. The van der Waals surface area contributed by atoms with Crippen LogP contribution in [0.25, 0.3) is 0 Å². The lowest BCUT2D eigenvalue weighted by atomic mass is 10.2. The van der Waals surface area contributed by atoms with Gasteiger partial charge in [-0.1, -0.05) is 6.07 Å². The van der Waals surface area contributed by atoms with Gasteiger partial charge in [-0.3, -0.25) is 10.1 Å². The molecule has 0 bridgehead atoms. The lowest BCUT2D eigenvalue weighted by molar-refractivity contribution is 0.225. The van der Waals surface area contributed by atoms with Gasteiger partial charge in [0.05, 0.1) is 11.4 Å². The van der Waals surface area contributed by atoms with Crippen molar-refractivity contribution in [2.24, 2.45) is 0 Å². The second-order valence-electron chi connectivity index (χ2n) is 5.62. The summed E-state index contributed by atoms with van der Waals surface area (Å²) in [5.74, 6) is 2.49. The molecule has 1 N–H and O–H groups in total. The molecule has 3 rings (SSSR count). The van der Waals surface area contributed by atoms with Gasteiger partial charge >= 0.3 is 0 Å². The molecule has 5 heteroatoms. The molecule has 4 nitrogen and oxygen atoms in total. The van der Waals surface area contributed by atoms with Gasteiger partial charge < -0.3 is 4.90 Å². The molecule has 1 fully saturated rings. The van der Waals surface area contributed by atoms with Crippen molar-refractivity contribution in [1.29, 1.82) is 0 Å². The summed E-state index contributed by atoms with van der Waals surface area (Å²) >= 11 is 2.04. The van der Waals surface area contributed by atoms with Crippen molar-refractivity contribution >= 4 is 23.1 Å². The highest BCUT2D eigenvalue weighted by Gasteiger charge is 2.32. The van der Waals surface area contributed by atoms with Crippen LogP contribution in [0.3, 0.4) is 0 Å². The van der Waals surface area contributed by atoms with E-state index in [4.69, 9.17) is 0 Å². The van der Waals surface area contributed by atoms with Crippen LogP contribution in [0.1, 0.15) is 12.5 Å². The van der Waals surface area contributed by atoms with Gasteiger partial charge in [-0.25, -0.2) is 5.06 Å². The zero-order valence-electron chi connectivity index (χ0n) is 12.2. The molecule has 2 heterocycles. The molecule has 0 saturated carbocycles. The lowest BCUT2D eigenvalue weighted by Crippen LogP contribution is -2.44. The number of nitrogens with zero attached hydrogens (tertiary/aromatic N) is 3. The summed E-state index contributed by atoms with van der Waals surface area (Å²) in [4.78, 5) is 4.83. The highest BCUT2D eigenvalue weighted by atomic mass is 32.2. The maximum atomic E-state index is 10.3. The fourth-order valence-electron chi connectivity index (χ4n) is 2.98. The smallest absolute Gasteiger partial charge is 0.124 e. The third kappa shape index (κ3) is 2.62. The van der Waals surface area contributed by atoms with Crippen LogP contribution < -0.4 is 9.96 Å². The standard InChI is InChI=1S/C15H23N3OS/c1-12-3-4-14-15(11-12)18(19)13(2)17(14)6-5-16-7-9-20-10-8-16/h3-4,11,13,19H,5-10H2,1-2H3. The molecular formula is C15H23N3OS. The predicted octanol–water partition coefficient (Wildman–Crippen LogP) is 2.41. The van der Waals surface area contributed by atoms with E-state index < -0.39 is 0 Å². The molecule has 1 aromatic rings. The van der Waals surface area contributed by atoms with Crippen LogP contribution >= 0.6 is 11.8 Å². The fraction of sp³-hybridized carbons (Fsp3) is 0.600. The molecule has 1 saturated heterocycles. The molecule has 1 atom stereocenters. The van der Waals surface area contributed by atoms with Crippen molar-refractivity contribution in [2.75, 3.05) is 47.6 Å². The van der Waals surface area contributed by atoms with E-state index in [0.717, 1.165) is 24.5 Å². The quantitative estimate of drug-likeness (QED) is 0.924. The summed E-state index contributed by atoms with van der Waals surface area (Å²) in [6.07, 6.45) is 0.0194. The van der Waals surface area contributed by atoms with Crippen molar-refractivity contribution in [1.82, 2.24) is 4.90 Å². The summed E-state index contributed by atoms with van der Waals surface area (Å²) in [6, 6.07) is 6.31. The molecular weight excluding hydrogens is 270 g/mol. The van der Waals surface area contributed by atoms with Gasteiger partial charge in [-0.05, 0) is 31.5 Å². The topological polar surface area (TPSA) is 30.0 Å². The van der Waals surface area contributed by atoms with E-state index in [-0.39, 0.29) is 6.17 Å². The lowest BCUT2D eigenvalue weighted by Gasteiger charge is -2.31. The Hall–Kier alpha value is -0.910. The molecule has 1 unspecified atom stereocenters. The first-order valence-electron chi connectivity index (χ1n) is 7.32. The Balaban J connectivity index is 1.70. The molecule has 20 heavy (non-hydrogen) atoms. The maximum absolute atomic E-state index is 10.3. The molecule has 0 radical (unpaired) electrons. The van der Waals surface area contributed by atoms with E-state index >= 15 is 0 Å². The molecule has 2 aliphatic heterocycles. The Bertz CT molecular complexity index is 476.